The van der Waals surface area contributed by atoms with Gasteiger partial charge in [-0.05, 0) is 44.5 Å². The van der Waals surface area contributed by atoms with Crippen LogP contribution in [0.15, 0.2) is 36.5 Å². The van der Waals surface area contributed by atoms with Crippen LogP contribution in [0.1, 0.15) is 12.8 Å². The van der Waals surface area contributed by atoms with Crippen LogP contribution in [-0.4, -0.2) is 31.7 Å². The molecule has 2 heterocycles. The number of nitrogens with one attached hydrogen (secondary N) is 1. The van der Waals surface area contributed by atoms with E-state index >= 15 is 0 Å². The van der Waals surface area contributed by atoms with E-state index in [9.17, 15) is 0 Å². The molecule has 1 saturated heterocycles. The largest absolute Gasteiger partial charge is 0.371 e. The Morgan fingerprint density at radius 1 is 1.32 bits per heavy atom. The van der Waals surface area contributed by atoms with E-state index in [1.807, 2.05) is 13.2 Å². The summed E-state index contributed by atoms with van der Waals surface area (Å²) in [6.07, 6.45) is 4.54. The third-order valence-corrected chi connectivity index (χ3v) is 3.98. The fourth-order valence-corrected chi connectivity index (χ4v) is 3.10. The van der Waals surface area contributed by atoms with E-state index in [0.29, 0.717) is 0 Å². The van der Waals surface area contributed by atoms with Crippen molar-refractivity contribution in [1.82, 2.24) is 10.3 Å². The summed E-state index contributed by atoms with van der Waals surface area (Å²) in [6, 6.07) is 10.6. The zero-order valence-corrected chi connectivity index (χ0v) is 11.5. The number of anilines is 1. The molecule has 0 radical (unpaired) electrons. The van der Waals surface area contributed by atoms with Crippen molar-refractivity contribution in [3.8, 4) is 0 Å². The number of piperidine rings is 1. The Morgan fingerprint density at radius 3 is 3.11 bits per heavy atom. The first kappa shape index (κ1) is 12.4. The molecular formula is C16H21N3. The molecule has 0 spiro atoms. The minimum Gasteiger partial charge on any atom is -0.371 e. The van der Waals surface area contributed by atoms with Crippen LogP contribution in [0, 0.1) is 5.92 Å². The van der Waals surface area contributed by atoms with E-state index < -0.39 is 0 Å². The highest BCUT2D eigenvalue weighted by atomic mass is 15.1. The highest BCUT2D eigenvalue weighted by Crippen LogP contribution is 2.28. The van der Waals surface area contributed by atoms with Crippen LogP contribution in [0.3, 0.4) is 0 Å². The van der Waals surface area contributed by atoms with Gasteiger partial charge in [0, 0.05) is 30.4 Å². The van der Waals surface area contributed by atoms with Crippen molar-refractivity contribution in [2.45, 2.75) is 12.8 Å². The van der Waals surface area contributed by atoms with Crippen molar-refractivity contribution in [3.63, 3.8) is 0 Å². The Morgan fingerprint density at radius 2 is 2.21 bits per heavy atom. The third-order valence-electron chi connectivity index (χ3n) is 3.98. The van der Waals surface area contributed by atoms with Crippen LogP contribution < -0.4 is 10.2 Å². The molecule has 1 atom stereocenters. The molecule has 0 amide bonds. The number of pyridine rings is 1. The number of benzene rings is 1. The van der Waals surface area contributed by atoms with Gasteiger partial charge < -0.3 is 10.2 Å². The van der Waals surface area contributed by atoms with E-state index in [1.165, 1.54) is 23.9 Å². The first-order chi connectivity index (χ1) is 9.38. The first-order valence-corrected chi connectivity index (χ1v) is 7.12. The second kappa shape index (κ2) is 5.57. The van der Waals surface area contributed by atoms with Crippen molar-refractivity contribution in [2.24, 2.45) is 5.92 Å². The summed E-state index contributed by atoms with van der Waals surface area (Å²) in [4.78, 5) is 6.98. The van der Waals surface area contributed by atoms with Gasteiger partial charge in [0.1, 0.15) is 0 Å². The molecule has 3 nitrogen and oxygen atoms in total. The summed E-state index contributed by atoms with van der Waals surface area (Å²) in [6.45, 7) is 3.42. The molecule has 3 rings (SSSR count). The zero-order valence-electron chi connectivity index (χ0n) is 11.5. The lowest BCUT2D eigenvalue weighted by molar-refractivity contribution is 0.403. The molecule has 3 heteroatoms. The monoisotopic (exact) mass is 255 g/mol. The number of hydrogen-bond acceptors (Lipinski definition) is 3. The molecule has 100 valence electrons. The molecule has 0 saturated carbocycles. The fourth-order valence-electron chi connectivity index (χ4n) is 3.10. The van der Waals surface area contributed by atoms with Gasteiger partial charge in [0.2, 0.25) is 0 Å². The summed E-state index contributed by atoms with van der Waals surface area (Å²) >= 11 is 0. The maximum atomic E-state index is 4.45. The van der Waals surface area contributed by atoms with Gasteiger partial charge >= 0.3 is 0 Å². The number of aromatic nitrogens is 1. The SMILES string of the molecule is CNCC1CCCN(c2ccnc3ccccc23)C1. The second-order valence-corrected chi connectivity index (χ2v) is 5.36. The molecule has 2 aromatic rings. The fraction of sp³-hybridized carbons (Fsp3) is 0.438. The average Bonchev–Trinajstić information content (AvgIpc) is 2.47. The number of rotatable bonds is 3. The van der Waals surface area contributed by atoms with Crippen LogP contribution in [0.4, 0.5) is 5.69 Å². The average molecular weight is 255 g/mol. The number of fused-ring (bicyclic) bond motifs is 1. The first-order valence-electron chi connectivity index (χ1n) is 7.12. The van der Waals surface area contributed by atoms with Crippen molar-refractivity contribution >= 4 is 16.6 Å². The van der Waals surface area contributed by atoms with Gasteiger partial charge in [-0.2, -0.15) is 0 Å². The normalized spacial score (nSPS) is 19.8. The molecule has 1 aromatic heterocycles. The van der Waals surface area contributed by atoms with Crippen LogP contribution >= 0.6 is 0 Å². The lowest BCUT2D eigenvalue weighted by Crippen LogP contribution is -2.39. The van der Waals surface area contributed by atoms with Gasteiger partial charge in [0.25, 0.3) is 0 Å². The Balaban J connectivity index is 1.91. The molecule has 1 N–H and O–H groups in total. The van der Waals surface area contributed by atoms with E-state index in [2.05, 4.69) is 45.5 Å². The van der Waals surface area contributed by atoms with Crippen molar-refractivity contribution < 1.29 is 0 Å². The van der Waals surface area contributed by atoms with Gasteiger partial charge in [-0.3, -0.25) is 4.98 Å². The smallest absolute Gasteiger partial charge is 0.0722 e. The Kier molecular flexibility index (Phi) is 3.65. The predicted molar refractivity (Wildman–Crippen MR) is 80.6 cm³/mol. The van der Waals surface area contributed by atoms with Gasteiger partial charge in [-0.15, -0.1) is 0 Å². The second-order valence-electron chi connectivity index (χ2n) is 5.36. The number of nitrogens with zero attached hydrogens (tertiary/aromatic N) is 2. The van der Waals surface area contributed by atoms with E-state index in [0.717, 1.165) is 31.1 Å². The molecule has 1 aliphatic rings. The molecule has 1 fully saturated rings. The summed E-state index contributed by atoms with van der Waals surface area (Å²) in [5.41, 5.74) is 2.43. The predicted octanol–water partition coefficient (Wildman–Crippen LogP) is 2.67. The van der Waals surface area contributed by atoms with Gasteiger partial charge in [0.05, 0.1) is 5.52 Å². The molecule has 0 aliphatic carbocycles. The highest BCUT2D eigenvalue weighted by Gasteiger charge is 2.20. The topological polar surface area (TPSA) is 28.2 Å². The summed E-state index contributed by atoms with van der Waals surface area (Å²) in [5, 5.41) is 4.58. The maximum Gasteiger partial charge on any atom is 0.0722 e. The lowest BCUT2D eigenvalue weighted by atomic mass is 9.97. The minimum atomic E-state index is 0.755. The Labute approximate surface area is 114 Å². The molecule has 1 aliphatic heterocycles. The van der Waals surface area contributed by atoms with Crippen LogP contribution in [0.5, 0.6) is 0 Å². The van der Waals surface area contributed by atoms with E-state index in [-0.39, 0.29) is 0 Å². The summed E-state index contributed by atoms with van der Waals surface area (Å²) in [7, 11) is 2.04. The Hall–Kier alpha value is -1.61. The van der Waals surface area contributed by atoms with Gasteiger partial charge in [-0.25, -0.2) is 0 Å². The van der Waals surface area contributed by atoms with Crippen molar-refractivity contribution in [3.05, 3.63) is 36.5 Å². The van der Waals surface area contributed by atoms with Crippen molar-refractivity contribution in [1.29, 1.82) is 0 Å². The van der Waals surface area contributed by atoms with Gasteiger partial charge in [0.15, 0.2) is 0 Å². The molecular weight excluding hydrogens is 234 g/mol. The van der Waals surface area contributed by atoms with Crippen LogP contribution in [0.2, 0.25) is 0 Å². The molecule has 1 aromatic carbocycles. The van der Waals surface area contributed by atoms with Crippen molar-refractivity contribution in [2.75, 3.05) is 31.6 Å². The molecule has 1 unspecified atom stereocenters. The molecule has 19 heavy (non-hydrogen) atoms. The van der Waals surface area contributed by atoms with E-state index in [1.54, 1.807) is 0 Å². The quantitative estimate of drug-likeness (QED) is 0.914. The standard InChI is InChI=1S/C16H21N3/c1-17-11-13-5-4-10-19(12-13)16-8-9-18-15-7-3-2-6-14(15)16/h2-3,6-9,13,17H,4-5,10-12H2,1H3. The van der Waals surface area contributed by atoms with Crippen LogP contribution in [-0.2, 0) is 0 Å². The Bertz CT molecular complexity index is 545. The highest BCUT2D eigenvalue weighted by molar-refractivity contribution is 5.91. The van der Waals surface area contributed by atoms with Gasteiger partial charge in [-0.1, -0.05) is 18.2 Å². The van der Waals surface area contributed by atoms with E-state index in [4.69, 9.17) is 0 Å². The maximum absolute atomic E-state index is 4.45. The van der Waals surface area contributed by atoms with Crippen LogP contribution in [0.25, 0.3) is 10.9 Å². The minimum absolute atomic E-state index is 0.755. The summed E-state index contributed by atoms with van der Waals surface area (Å²) in [5.74, 6) is 0.755. The summed E-state index contributed by atoms with van der Waals surface area (Å²) < 4.78 is 0. The third kappa shape index (κ3) is 2.56. The number of hydrogen-bond donors (Lipinski definition) is 1. The molecule has 0 bridgehead atoms. The number of para-hydroxylation sites is 1. The zero-order chi connectivity index (χ0) is 13.1. The lowest BCUT2D eigenvalue weighted by Gasteiger charge is -2.35.